The zero-order valence-corrected chi connectivity index (χ0v) is 13.1. The Labute approximate surface area is 124 Å². The van der Waals surface area contributed by atoms with Gasteiger partial charge in [-0.25, -0.2) is 0 Å². The Kier molecular flexibility index (Phi) is 4.67. The Morgan fingerprint density at radius 3 is 2.78 bits per heavy atom. The second-order valence-electron chi connectivity index (χ2n) is 4.06. The molecule has 2 nitrogen and oxygen atoms in total. The molecular formula is C13H14BrClN2S. The predicted molar refractivity (Wildman–Crippen MR) is 83.6 cm³/mol. The van der Waals surface area contributed by atoms with Crippen LogP contribution in [0, 0.1) is 6.92 Å². The number of benzene rings is 1. The normalized spacial score (nSPS) is 12.4. The van der Waals surface area contributed by atoms with Crippen LogP contribution in [0.1, 0.15) is 16.5 Å². The van der Waals surface area contributed by atoms with Gasteiger partial charge in [-0.15, -0.1) is 11.3 Å². The number of halogens is 2. The summed E-state index contributed by atoms with van der Waals surface area (Å²) in [5.74, 6) is 0. The molecule has 0 amide bonds. The fourth-order valence-corrected chi connectivity index (χ4v) is 3.33. The molecule has 0 saturated carbocycles. The van der Waals surface area contributed by atoms with E-state index in [9.17, 15) is 0 Å². The lowest BCUT2D eigenvalue weighted by atomic mass is 10.2. The molecule has 0 aliphatic rings. The second-order valence-corrected chi connectivity index (χ2v) is 6.33. The summed E-state index contributed by atoms with van der Waals surface area (Å²) in [6, 6.07) is 8.16. The van der Waals surface area contributed by atoms with Crippen LogP contribution in [0.2, 0.25) is 5.02 Å². The molecule has 0 spiro atoms. The van der Waals surface area contributed by atoms with Crippen LogP contribution in [0.3, 0.4) is 0 Å². The number of anilines is 1. The first-order chi connectivity index (χ1) is 8.60. The standard InChI is InChI=1S/C13H14BrClN2S/c1-8-2-3-10(5-11(8)15)17-12(6-16)13-4-9(14)7-18-13/h2-5,7,12,17H,6,16H2,1H3. The van der Waals surface area contributed by atoms with Crippen LogP contribution in [0.4, 0.5) is 5.69 Å². The Hall–Kier alpha value is -0.550. The Morgan fingerprint density at radius 2 is 2.22 bits per heavy atom. The highest BCUT2D eigenvalue weighted by molar-refractivity contribution is 9.10. The smallest absolute Gasteiger partial charge is 0.0729 e. The lowest BCUT2D eigenvalue weighted by Gasteiger charge is -2.17. The average molecular weight is 346 g/mol. The van der Waals surface area contributed by atoms with Crippen LogP contribution in [-0.4, -0.2) is 6.54 Å². The zero-order valence-electron chi connectivity index (χ0n) is 9.91. The summed E-state index contributed by atoms with van der Waals surface area (Å²) < 4.78 is 1.09. The topological polar surface area (TPSA) is 38.0 Å². The molecule has 2 aromatic rings. The number of aryl methyl sites for hydroxylation is 1. The molecular weight excluding hydrogens is 332 g/mol. The van der Waals surface area contributed by atoms with Crippen molar-refractivity contribution >= 4 is 44.6 Å². The molecule has 2 rings (SSSR count). The van der Waals surface area contributed by atoms with Gasteiger partial charge in [0.1, 0.15) is 0 Å². The highest BCUT2D eigenvalue weighted by Gasteiger charge is 2.12. The van der Waals surface area contributed by atoms with Crippen LogP contribution < -0.4 is 11.1 Å². The molecule has 0 aliphatic heterocycles. The van der Waals surface area contributed by atoms with Gasteiger partial charge in [-0.1, -0.05) is 17.7 Å². The summed E-state index contributed by atoms with van der Waals surface area (Å²) in [5, 5.41) is 6.23. The van der Waals surface area contributed by atoms with Crippen molar-refractivity contribution < 1.29 is 0 Å². The minimum atomic E-state index is 0.111. The van der Waals surface area contributed by atoms with Crippen molar-refractivity contribution in [3.8, 4) is 0 Å². The number of thiophene rings is 1. The van der Waals surface area contributed by atoms with Crippen LogP contribution in [0.15, 0.2) is 34.1 Å². The molecule has 5 heteroatoms. The van der Waals surface area contributed by atoms with E-state index >= 15 is 0 Å². The summed E-state index contributed by atoms with van der Waals surface area (Å²) in [7, 11) is 0. The maximum absolute atomic E-state index is 6.11. The van der Waals surface area contributed by atoms with Crippen molar-refractivity contribution in [1.82, 2.24) is 0 Å². The van der Waals surface area contributed by atoms with E-state index in [2.05, 4.69) is 32.7 Å². The fourth-order valence-electron chi connectivity index (χ4n) is 1.64. The summed E-state index contributed by atoms with van der Waals surface area (Å²) in [5.41, 5.74) is 7.89. The third-order valence-electron chi connectivity index (χ3n) is 2.68. The van der Waals surface area contributed by atoms with E-state index in [0.29, 0.717) is 6.54 Å². The molecule has 1 heterocycles. The quantitative estimate of drug-likeness (QED) is 0.851. The number of hydrogen-bond donors (Lipinski definition) is 2. The van der Waals surface area contributed by atoms with Gasteiger partial charge in [-0.05, 0) is 46.6 Å². The van der Waals surface area contributed by atoms with Gasteiger partial charge < -0.3 is 11.1 Å². The third-order valence-corrected chi connectivity index (χ3v) is 4.89. The summed E-state index contributed by atoms with van der Waals surface area (Å²) >= 11 is 11.3. The molecule has 1 aromatic heterocycles. The van der Waals surface area contributed by atoms with E-state index in [1.54, 1.807) is 11.3 Å². The summed E-state index contributed by atoms with van der Waals surface area (Å²) in [6.07, 6.45) is 0. The van der Waals surface area contributed by atoms with Gasteiger partial charge in [-0.2, -0.15) is 0 Å². The van der Waals surface area contributed by atoms with Crippen molar-refractivity contribution in [3.63, 3.8) is 0 Å². The fraction of sp³-hybridized carbons (Fsp3) is 0.231. The van der Waals surface area contributed by atoms with Gasteiger partial charge in [-0.3, -0.25) is 0 Å². The van der Waals surface area contributed by atoms with Crippen molar-refractivity contribution in [2.75, 3.05) is 11.9 Å². The Bertz CT molecular complexity index is 542. The van der Waals surface area contributed by atoms with Crippen LogP contribution in [-0.2, 0) is 0 Å². The third kappa shape index (κ3) is 3.26. The number of nitrogens with one attached hydrogen (secondary N) is 1. The molecule has 1 atom stereocenters. The average Bonchev–Trinajstić information content (AvgIpc) is 2.77. The second kappa shape index (κ2) is 6.06. The lowest BCUT2D eigenvalue weighted by molar-refractivity contribution is 0.805. The van der Waals surface area contributed by atoms with Gasteiger partial charge in [0, 0.05) is 32.0 Å². The minimum Gasteiger partial charge on any atom is -0.376 e. The molecule has 1 unspecified atom stereocenters. The van der Waals surface area contributed by atoms with Gasteiger partial charge in [0.2, 0.25) is 0 Å². The van der Waals surface area contributed by atoms with Gasteiger partial charge >= 0.3 is 0 Å². The van der Waals surface area contributed by atoms with E-state index in [1.807, 2.05) is 25.1 Å². The molecule has 1 aromatic carbocycles. The molecule has 3 N–H and O–H groups in total. The van der Waals surface area contributed by atoms with E-state index < -0.39 is 0 Å². The largest absolute Gasteiger partial charge is 0.376 e. The van der Waals surface area contributed by atoms with E-state index in [-0.39, 0.29) is 6.04 Å². The highest BCUT2D eigenvalue weighted by atomic mass is 79.9. The maximum Gasteiger partial charge on any atom is 0.0729 e. The Morgan fingerprint density at radius 1 is 1.44 bits per heavy atom. The molecule has 0 bridgehead atoms. The first kappa shape index (κ1) is 13.9. The van der Waals surface area contributed by atoms with E-state index in [0.717, 1.165) is 20.7 Å². The van der Waals surface area contributed by atoms with E-state index in [1.165, 1.54) is 4.88 Å². The van der Waals surface area contributed by atoms with Crippen LogP contribution in [0.5, 0.6) is 0 Å². The highest BCUT2D eigenvalue weighted by Crippen LogP contribution is 2.29. The van der Waals surface area contributed by atoms with E-state index in [4.69, 9.17) is 17.3 Å². The lowest BCUT2D eigenvalue weighted by Crippen LogP contribution is -2.19. The zero-order chi connectivity index (χ0) is 13.1. The maximum atomic E-state index is 6.11. The van der Waals surface area contributed by atoms with Crippen molar-refractivity contribution in [3.05, 3.63) is 49.6 Å². The van der Waals surface area contributed by atoms with Gasteiger partial charge in [0.05, 0.1) is 6.04 Å². The predicted octanol–water partition coefficient (Wildman–Crippen LogP) is 4.58. The summed E-state index contributed by atoms with van der Waals surface area (Å²) in [6.45, 7) is 2.53. The van der Waals surface area contributed by atoms with Crippen LogP contribution in [0.25, 0.3) is 0 Å². The van der Waals surface area contributed by atoms with Crippen molar-refractivity contribution in [2.24, 2.45) is 5.73 Å². The number of rotatable bonds is 4. The summed E-state index contributed by atoms with van der Waals surface area (Å²) in [4.78, 5) is 1.21. The number of hydrogen-bond acceptors (Lipinski definition) is 3. The number of nitrogens with two attached hydrogens (primary N) is 1. The first-order valence-electron chi connectivity index (χ1n) is 5.57. The van der Waals surface area contributed by atoms with Crippen molar-refractivity contribution in [1.29, 1.82) is 0 Å². The monoisotopic (exact) mass is 344 g/mol. The Balaban J connectivity index is 2.17. The van der Waals surface area contributed by atoms with Crippen molar-refractivity contribution in [2.45, 2.75) is 13.0 Å². The minimum absolute atomic E-state index is 0.111. The van der Waals surface area contributed by atoms with Gasteiger partial charge in [0.15, 0.2) is 0 Å². The molecule has 0 aliphatic carbocycles. The first-order valence-corrected chi connectivity index (χ1v) is 7.62. The molecule has 0 fully saturated rings. The molecule has 96 valence electrons. The van der Waals surface area contributed by atoms with Gasteiger partial charge in [0.25, 0.3) is 0 Å². The molecule has 18 heavy (non-hydrogen) atoms. The SMILES string of the molecule is Cc1ccc(NC(CN)c2cc(Br)cs2)cc1Cl. The molecule has 0 saturated heterocycles. The molecule has 0 radical (unpaired) electrons. The van der Waals surface area contributed by atoms with Crippen LogP contribution >= 0.6 is 38.9 Å².